The fraction of sp³-hybridized carbons (Fsp3) is 0.455. The van der Waals surface area contributed by atoms with Crippen LogP contribution < -0.4 is 5.32 Å². The van der Waals surface area contributed by atoms with E-state index in [1.165, 1.54) is 0 Å². The minimum atomic E-state index is 0.889. The Bertz CT molecular complexity index is 425. The van der Waals surface area contributed by atoms with Crippen LogP contribution in [0.3, 0.4) is 0 Å². The Kier molecular flexibility index (Phi) is 3.85. The second kappa shape index (κ2) is 5.58. The number of hydrogen-bond donors (Lipinski definition) is 2. The van der Waals surface area contributed by atoms with Crippen LogP contribution >= 0.6 is 0 Å². The molecule has 1 aliphatic rings. The zero-order valence-electron chi connectivity index (χ0n) is 9.36. The molecule has 5 heteroatoms. The number of benzene rings is 1. The topological polar surface area (TPSA) is 62.8 Å². The predicted octanol–water partition coefficient (Wildman–Crippen LogP) is 0.873. The predicted molar refractivity (Wildman–Crippen MR) is 62.3 cm³/mol. The van der Waals surface area contributed by atoms with Crippen LogP contribution in [0.15, 0.2) is 18.2 Å². The lowest BCUT2D eigenvalue weighted by Crippen LogP contribution is -2.30. The Hall–Kier alpha value is -1.46. The first-order valence-corrected chi connectivity index (χ1v) is 5.43. The van der Waals surface area contributed by atoms with E-state index in [9.17, 15) is 0 Å². The molecule has 0 atom stereocenters. The molecule has 1 fully saturated rings. The number of nitrogens with one attached hydrogen (secondary N) is 2. The highest BCUT2D eigenvalue weighted by atomic mass is 16.5. The fourth-order valence-corrected chi connectivity index (χ4v) is 1.53. The van der Waals surface area contributed by atoms with E-state index in [1.807, 2.05) is 25.1 Å². The minimum absolute atomic E-state index is 0.889. The molecular weight excluding hydrogens is 204 g/mol. The molecule has 86 valence electrons. The molecule has 1 aromatic heterocycles. The highest BCUT2D eigenvalue weighted by Gasteiger charge is 1.97. The Morgan fingerprint density at radius 1 is 1.25 bits per heavy atom. The molecule has 5 nitrogen and oxygen atoms in total. The maximum atomic E-state index is 5.01. The van der Waals surface area contributed by atoms with Crippen LogP contribution in [0.25, 0.3) is 11.0 Å². The van der Waals surface area contributed by atoms with Gasteiger partial charge in [-0.2, -0.15) is 0 Å². The SMILES string of the molecule is C1COCCN1.Cc1cccc2[nH]nnc12. The van der Waals surface area contributed by atoms with E-state index in [-0.39, 0.29) is 0 Å². The van der Waals surface area contributed by atoms with Gasteiger partial charge in [-0.25, -0.2) is 0 Å². The fourth-order valence-electron chi connectivity index (χ4n) is 1.53. The molecule has 0 spiro atoms. The minimum Gasteiger partial charge on any atom is -0.379 e. The molecule has 2 heterocycles. The lowest BCUT2D eigenvalue weighted by atomic mass is 10.2. The van der Waals surface area contributed by atoms with Crippen molar-refractivity contribution in [2.45, 2.75) is 6.92 Å². The van der Waals surface area contributed by atoms with Gasteiger partial charge in [0.25, 0.3) is 0 Å². The maximum Gasteiger partial charge on any atom is 0.115 e. The highest BCUT2D eigenvalue weighted by Crippen LogP contribution is 2.10. The molecule has 2 aromatic rings. The van der Waals surface area contributed by atoms with Crippen molar-refractivity contribution < 1.29 is 4.74 Å². The lowest BCUT2D eigenvalue weighted by Gasteiger charge is -2.10. The molecule has 0 aliphatic carbocycles. The molecule has 0 radical (unpaired) electrons. The smallest absolute Gasteiger partial charge is 0.115 e. The van der Waals surface area contributed by atoms with Gasteiger partial charge in [0.05, 0.1) is 18.7 Å². The zero-order valence-corrected chi connectivity index (χ0v) is 9.36. The Balaban J connectivity index is 0.000000138. The molecule has 0 unspecified atom stereocenters. The number of nitrogens with zero attached hydrogens (tertiary/aromatic N) is 2. The van der Waals surface area contributed by atoms with Crippen LogP contribution in [-0.2, 0) is 4.74 Å². The van der Waals surface area contributed by atoms with Gasteiger partial charge in [-0.3, -0.25) is 5.10 Å². The van der Waals surface area contributed by atoms with Crippen molar-refractivity contribution in [3.63, 3.8) is 0 Å². The number of H-pyrrole nitrogens is 1. The summed E-state index contributed by atoms with van der Waals surface area (Å²) in [6.45, 7) is 5.85. The van der Waals surface area contributed by atoms with Crippen LogP contribution in [0.1, 0.15) is 5.56 Å². The van der Waals surface area contributed by atoms with E-state index in [2.05, 4.69) is 20.7 Å². The second-order valence-corrected chi connectivity index (χ2v) is 3.65. The van der Waals surface area contributed by atoms with E-state index >= 15 is 0 Å². The molecule has 0 saturated carbocycles. The third-order valence-electron chi connectivity index (χ3n) is 2.40. The number of rotatable bonds is 0. The van der Waals surface area contributed by atoms with Crippen molar-refractivity contribution in [2.24, 2.45) is 0 Å². The van der Waals surface area contributed by atoms with Gasteiger partial charge in [-0.1, -0.05) is 17.3 Å². The Morgan fingerprint density at radius 3 is 2.62 bits per heavy atom. The number of aryl methyl sites for hydroxylation is 1. The number of aromatic nitrogens is 3. The largest absolute Gasteiger partial charge is 0.379 e. The summed E-state index contributed by atoms with van der Waals surface area (Å²) in [5.74, 6) is 0. The highest BCUT2D eigenvalue weighted by molar-refractivity contribution is 5.76. The molecule has 1 saturated heterocycles. The summed E-state index contributed by atoms with van der Waals surface area (Å²) in [7, 11) is 0. The van der Waals surface area contributed by atoms with Crippen LogP contribution in [0.2, 0.25) is 0 Å². The number of fused-ring (bicyclic) bond motifs is 1. The summed E-state index contributed by atoms with van der Waals surface area (Å²) in [6.07, 6.45) is 0. The Labute approximate surface area is 94.2 Å². The van der Waals surface area contributed by atoms with Gasteiger partial charge in [0.2, 0.25) is 0 Å². The van der Waals surface area contributed by atoms with Crippen LogP contribution in [0.4, 0.5) is 0 Å². The number of hydrogen-bond acceptors (Lipinski definition) is 4. The molecule has 0 bridgehead atoms. The van der Waals surface area contributed by atoms with Crippen LogP contribution in [0, 0.1) is 6.92 Å². The van der Waals surface area contributed by atoms with Crippen molar-refractivity contribution in [3.8, 4) is 0 Å². The van der Waals surface area contributed by atoms with Gasteiger partial charge in [0.15, 0.2) is 0 Å². The van der Waals surface area contributed by atoms with Crippen molar-refractivity contribution >= 4 is 11.0 Å². The van der Waals surface area contributed by atoms with E-state index in [1.54, 1.807) is 0 Å². The van der Waals surface area contributed by atoms with Gasteiger partial charge in [-0.05, 0) is 18.6 Å². The lowest BCUT2D eigenvalue weighted by molar-refractivity contribution is 0.109. The third kappa shape index (κ3) is 2.77. The summed E-state index contributed by atoms with van der Waals surface area (Å²) in [5.41, 5.74) is 3.12. The quantitative estimate of drug-likeness (QED) is 0.691. The van der Waals surface area contributed by atoms with E-state index < -0.39 is 0 Å². The molecule has 1 aromatic carbocycles. The standard InChI is InChI=1S/C7H7N3.C4H9NO/c1-5-3-2-4-6-7(5)9-10-8-6;1-3-6-4-2-5-1/h2-4H,1H3,(H,8,9,10);5H,1-4H2. The average molecular weight is 220 g/mol. The van der Waals surface area contributed by atoms with E-state index in [4.69, 9.17) is 4.74 Å². The van der Waals surface area contributed by atoms with Gasteiger partial charge in [0, 0.05) is 13.1 Å². The van der Waals surface area contributed by atoms with Crippen molar-refractivity contribution in [3.05, 3.63) is 23.8 Å². The molecule has 1 aliphatic heterocycles. The number of morpholine rings is 1. The number of aromatic amines is 1. The normalized spacial score (nSPS) is 15.6. The molecule has 0 amide bonds. The summed E-state index contributed by atoms with van der Waals surface area (Å²) < 4.78 is 5.01. The maximum absolute atomic E-state index is 5.01. The van der Waals surface area contributed by atoms with Crippen molar-refractivity contribution in [1.29, 1.82) is 0 Å². The van der Waals surface area contributed by atoms with Crippen LogP contribution in [-0.4, -0.2) is 41.7 Å². The van der Waals surface area contributed by atoms with E-state index in [0.717, 1.165) is 42.9 Å². The average Bonchev–Trinajstić information content (AvgIpc) is 2.82. The number of ether oxygens (including phenoxy) is 1. The first-order chi connectivity index (χ1) is 7.88. The van der Waals surface area contributed by atoms with Gasteiger partial charge < -0.3 is 10.1 Å². The third-order valence-corrected chi connectivity index (χ3v) is 2.40. The summed E-state index contributed by atoms with van der Waals surface area (Å²) in [4.78, 5) is 0. The molecule has 3 rings (SSSR count). The van der Waals surface area contributed by atoms with Crippen molar-refractivity contribution in [1.82, 2.24) is 20.7 Å². The van der Waals surface area contributed by atoms with E-state index in [0.29, 0.717) is 0 Å². The van der Waals surface area contributed by atoms with Crippen LogP contribution in [0.5, 0.6) is 0 Å². The summed E-state index contributed by atoms with van der Waals surface area (Å²) in [5, 5.41) is 13.6. The molecule has 16 heavy (non-hydrogen) atoms. The second-order valence-electron chi connectivity index (χ2n) is 3.65. The first-order valence-electron chi connectivity index (χ1n) is 5.43. The Morgan fingerprint density at radius 2 is 2.06 bits per heavy atom. The summed E-state index contributed by atoms with van der Waals surface area (Å²) in [6, 6.07) is 5.96. The summed E-state index contributed by atoms with van der Waals surface area (Å²) >= 11 is 0. The van der Waals surface area contributed by atoms with Gasteiger partial charge >= 0.3 is 0 Å². The monoisotopic (exact) mass is 220 g/mol. The van der Waals surface area contributed by atoms with Gasteiger partial charge in [0.1, 0.15) is 5.52 Å². The zero-order chi connectivity index (χ0) is 11.2. The first kappa shape index (κ1) is 11.0. The van der Waals surface area contributed by atoms with Crippen molar-refractivity contribution in [2.75, 3.05) is 26.3 Å². The molecule has 2 N–H and O–H groups in total. The van der Waals surface area contributed by atoms with Gasteiger partial charge in [-0.15, -0.1) is 5.10 Å². The molecular formula is C11H16N4O.